The number of benzene rings is 2. The first-order valence-corrected chi connectivity index (χ1v) is 10.0. The first-order valence-electron chi connectivity index (χ1n) is 7.82. The van der Waals surface area contributed by atoms with Crippen molar-refractivity contribution in [3.8, 4) is 5.75 Å². The number of sulfonamides is 1. The first kappa shape index (κ1) is 23.3. The largest absolute Gasteiger partial charge is 0.495 e. The van der Waals surface area contributed by atoms with Gasteiger partial charge in [0.25, 0.3) is 0 Å². The normalized spacial score (nSPS) is 12.1. The van der Waals surface area contributed by atoms with Gasteiger partial charge in [-0.25, -0.2) is 8.42 Å². The van der Waals surface area contributed by atoms with Gasteiger partial charge in [-0.15, -0.1) is 0 Å². The van der Waals surface area contributed by atoms with E-state index in [9.17, 15) is 26.4 Å². The van der Waals surface area contributed by atoms with Gasteiger partial charge < -0.3 is 10.1 Å². The number of ether oxygens (including phenoxy) is 1. The van der Waals surface area contributed by atoms with Crippen molar-refractivity contribution in [1.82, 2.24) is 4.31 Å². The van der Waals surface area contributed by atoms with Gasteiger partial charge in [-0.1, -0.05) is 23.2 Å². The zero-order valence-electron chi connectivity index (χ0n) is 15.0. The van der Waals surface area contributed by atoms with E-state index in [0.717, 1.165) is 19.2 Å². The quantitative estimate of drug-likeness (QED) is 0.683. The Morgan fingerprint density at radius 1 is 1.14 bits per heavy atom. The van der Waals surface area contributed by atoms with E-state index in [4.69, 9.17) is 27.9 Å². The predicted octanol–water partition coefficient (Wildman–Crippen LogP) is 4.28. The summed E-state index contributed by atoms with van der Waals surface area (Å²) in [6.45, 7) is -0.752. The third-order valence-electron chi connectivity index (χ3n) is 3.74. The van der Waals surface area contributed by atoms with Crippen molar-refractivity contribution in [1.29, 1.82) is 0 Å². The van der Waals surface area contributed by atoms with E-state index in [1.807, 2.05) is 0 Å². The summed E-state index contributed by atoms with van der Waals surface area (Å²) in [5, 5.41) is 2.43. The molecule has 2 rings (SSSR count). The van der Waals surface area contributed by atoms with E-state index in [0.29, 0.717) is 10.4 Å². The molecule has 0 heterocycles. The maximum absolute atomic E-state index is 13.2. The van der Waals surface area contributed by atoms with Crippen LogP contribution in [0.15, 0.2) is 41.3 Å². The van der Waals surface area contributed by atoms with Gasteiger partial charge in [0, 0.05) is 17.1 Å². The number of anilines is 1. The van der Waals surface area contributed by atoms with Crippen molar-refractivity contribution in [2.24, 2.45) is 0 Å². The van der Waals surface area contributed by atoms with Crippen LogP contribution in [0.5, 0.6) is 5.75 Å². The van der Waals surface area contributed by atoms with Gasteiger partial charge >= 0.3 is 6.18 Å². The number of nitrogens with one attached hydrogen (secondary N) is 1. The Balaban J connectivity index is 2.28. The lowest BCUT2D eigenvalue weighted by atomic mass is 10.2. The molecular formula is C17H15Cl2F3N2O4S. The molecule has 0 unspecified atom stereocenters. The van der Waals surface area contributed by atoms with Crippen molar-refractivity contribution in [3.05, 3.63) is 52.0 Å². The number of alkyl halides is 3. The smallest absolute Gasteiger partial charge is 0.417 e. The fourth-order valence-corrected chi connectivity index (χ4v) is 4.03. The number of methoxy groups -OCH3 is 1. The van der Waals surface area contributed by atoms with Crippen molar-refractivity contribution in [3.63, 3.8) is 0 Å². The van der Waals surface area contributed by atoms with Crippen LogP contribution in [0.1, 0.15) is 5.56 Å². The highest BCUT2D eigenvalue weighted by Gasteiger charge is 2.39. The van der Waals surface area contributed by atoms with Gasteiger partial charge in [-0.2, -0.15) is 17.5 Å². The van der Waals surface area contributed by atoms with Gasteiger partial charge in [0.05, 0.1) is 29.8 Å². The molecule has 0 fully saturated rings. The van der Waals surface area contributed by atoms with E-state index < -0.39 is 39.1 Å². The molecule has 2 aromatic rings. The van der Waals surface area contributed by atoms with E-state index in [2.05, 4.69) is 5.32 Å². The maximum atomic E-state index is 13.2. The second-order valence-corrected chi connectivity index (χ2v) is 8.68. The molecule has 0 aromatic heterocycles. The van der Waals surface area contributed by atoms with E-state index in [1.54, 1.807) is 0 Å². The maximum Gasteiger partial charge on any atom is 0.417 e. The lowest BCUT2D eigenvalue weighted by Crippen LogP contribution is -2.36. The monoisotopic (exact) mass is 470 g/mol. The fraction of sp³-hybridized carbons (Fsp3) is 0.235. The van der Waals surface area contributed by atoms with Crippen LogP contribution in [-0.2, 0) is 21.0 Å². The number of carbonyl (C=O) groups is 1. The summed E-state index contributed by atoms with van der Waals surface area (Å²) in [6.07, 6.45) is -4.95. The fourth-order valence-electron chi connectivity index (χ4n) is 2.37. The average Bonchev–Trinajstić information content (AvgIpc) is 2.60. The van der Waals surface area contributed by atoms with Gasteiger partial charge in [0.15, 0.2) is 0 Å². The summed E-state index contributed by atoms with van der Waals surface area (Å²) in [7, 11) is -2.30. The zero-order chi connectivity index (χ0) is 22.0. The van der Waals surface area contributed by atoms with Crippen molar-refractivity contribution in [2.45, 2.75) is 11.1 Å². The molecule has 0 spiro atoms. The molecule has 12 heteroatoms. The molecule has 29 heavy (non-hydrogen) atoms. The third kappa shape index (κ3) is 5.53. The molecule has 0 aliphatic carbocycles. The van der Waals surface area contributed by atoms with Gasteiger partial charge in [-0.3, -0.25) is 4.79 Å². The average molecular weight is 471 g/mol. The topological polar surface area (TPSA) is 75.7 Å². The number of likely N-dealkylation sites (N-methyl/N-ethyl adjacent to an activating group) is 1. The number of rotatable bonds is 6. The zero-order valence-corrected chi connectivity index (χ0v) is 17.4. The number of halogens is 5. The van der Waals surface area contributed by atoms with Crippen LogP contribution in [-0.4, -0.2) is 39.3 Å². The van der Waals surface area contributed by atoms with Crippen LogP contribution in [0.2, 0.25) is 10.0 Å². The SMILES string of the molecule is COc1ccc(Cl)cc1NC(=O)CN(C)S(=O)(=O)c1ccc(Cl)cc1C(F)(F)F. The van der Waals surface area contributed by atoms with Gasteiger partial charge in [-0.05, 0) is 36.4 Å². The standard InChI is InChI=1S/C17H15Cl2F3N2O4S/c1-24(9-16(25)23-13-8-11(19)3-5-14(13)28-2)29(26,27)15-6-4-10(18)7-12(15)17(20,21)22/h3-8H,9H2,1-2H3,(H,23,25). The Labute approximate surface area is 175 Å². The van der Waals surface area contributed by atoms with Crippen LogP contribution in [0.25, 0.3) is 0 Å². The van der Waals surface area contributed by atoms with Crippen molar-refractivity contribution < 1.29 is 31.1 Å². The number of amides is 1. The van der Waals surface area contributed by atoms with Gasteiger partial charge in [0.1, 0.15) is 5.75 Å². The number of hydrogen-bond donors (Lipinski definition) is 1. The second kappa shape index (κ2) is 8.78. The first-order chi connectivity index (χ1) is 13.4. The molecule has 1 N–H and O–H groups in total. The molecule has 158 valence electrons. The molecule has 0 saturated carbocycles. The lowest BCUT2D eigenvalue weighted by Gasteiger charge is -2.20. The molecular weight excluding hydrogens is 456 g/mol. The summed E-state index contributed by atoms with van der Waals surface area (Å²) in [5.74, 6) is -0.538. The molecule has 0 saturated heterocycles. The third-order valence-corrected chi connectivity index (χ3v) is 6.07. The Hall–Kier alpha value is -2.01. The Morgan fingerprint density at radius 3 is 2.31 bits per heavy atom. The molecule has 2 aromatic carbocycles. The molecule has 0 bridgehead atoms. The van der Waals surface area contributed by atoms with E-state index >= 15 is 0 Å². The number of nitrogens with zero attached hydrogens (tertiary/aromatic N) is 1. The summed E-state index contributed by atoms with van der Waals surface area (Å²) in [5.41, 5.74) is -1.24. The van der Waals surface area contributed by atoms with E-state index in [-0.39, 0.29) is 21.5 Å². The minimum absolute atomic E-state index is 0.179. The molecule has 6 nitrogen and oxygen atoms in total. The molecule has 1 amide bonds. The molecule has 0 aliphatic rings. The molecule has 0 atom stereocenters. The van der Waals surface area contributed by atoms with Crippen LogP contribution >= 0.6 is 23.2 Å². The predicted molar refractivity (Wildman–Crippen MR) is 103 cm³/mol. The Bertz CT molecular complexity index is 1030. The highest BCUT2D eigenvalue weighted by atomic mass is 35.5. The number of hydrogen-bond acceptors (Lipinski definition) is 4. The van der Waals surface area contributed by atoms with Crippen LogP contribution in [0, 0.1) is 0 Å². The van der Waals surface area contributed by atoms with Crippen LogP contribution in [0.4, 0.5) is 18.9 Å². The van der Waals surface area contributed by atoms with E-state index in [1.165, 1.54) is 25.3 Å². The lowest BCUT2D eigenvalue weighted by molar-refractivity contribution is -0.139. The number of carbonyl (C=O) groups excluding carboxylic acids is 1. The molecule has 0 radical (unpaired) electrons. The summed E-state index contributed by atoms with van der Waals surface area (Å²) < 4.78 is 70.6. The summed E-state index contributed by atoms with van der Waals surface area (Å²) >= 11 is 11.4. The van der Waals surface area contributed by atoms with Crippen molar-refractivity contribution >= 4 is 44.8 Å². The minimum Gasteiger partial charge on any atom is -0.495 e. The second-order valence-electron chi connectivity index (χ2n) is 5.79. The molecule has 0 aliphatic heterocycles. The highest BCUT2D eigenvalue weighted by molar-refractivity contribution is 7.89. The Kier molecular flexibility index (Phi) is 7.05. The van der Waals surface area contributed by atoms with Crippen LogP contribution in [0.3, 0.4) is 0 Å². The van der Waals surface area contributed by atoms with Crippen LogP contribution < -0.4 is 10.1 Å². The minimum atomic E-state index is -4.95. The van der Waals surface area contributed by atoms with Crippen molar-refractivity contribution in [2.75, 3.05) is 26.0 Å². The summed E-state index contributed by atoms with van der Waals surface area (Å²) in [6, 6.07) is 6.67. The highest BCUT2D eigenvalue weighted by Crippen LogP contribution is 2.36. The summed E-state index contributed by atoms with van der Waals surface area (Å²) in [4.78, 5) is 11.2. The Morgan fingerprint density at radius 2 is 1.72 bits per heavy atom. The van der Waals surface area contributed by atoms with Gasteiger partial charge in [0.2, 0.25) is 15.9 Å².